The molecule has 0 aliphatic carbocycles. The van der Waals surface area contributed by atoms with Gasteiger partial charge in [0.25, 0.3) is 0 Å². The number of benzene rings is 8. The summed E-state index contributed by atoms with van der Waals surface area (Å²) in [6.45, 7) is 0. The number of nitrogens with two attached hydrogens (primary N) is 2. The van der Waals surface area contributed by atoms with Crippen LogP contribution in [0.5, 0.6) is 23.0 Å². The first-order chi connectivity index (χ1) is 26.6. The molecule has 8 aromatic rings. The van der Waals surface area contributed by atoms with Crippen molar-refractivity contribution in [1.82, 2.24) is 0 Å². The molecule has 6 heteroatoms. The lowest BCUT2D eigenvalue weighted by Gasteiger charge is -2.26. The van der Waals surface area contributed by atoms with Gasteiger partial charge in [-0.2, -0.15) is 0 Å². The molecular weight excluding hydrogens is 665 g/mol. The Kier molecular flexibility index (Phi) is 9.74. The number of rotatable bonds is 11. The molecule has 0 aliphatic rings. The van der Waals surface area contributed by atoms with E-state index in [4.69, 9.17) is 20.9 Å². The monoisotopic (exact) mass is 703 g/mol. The molecule has 0 aliphatic heterocycles. The first-order valence-corrected chi connectivity index (χ1v) is 17.8. The molecule has 262 valence electrons. The molecule has 0 heterocycles. The van der Waals surface area contributed by atoms with Crippen LogP contribution in [0.1, 0.15) is 0 Å². The quantitative estimate of drug-likeness (QED) is 0.117. The van der Waals surface area contributed by atoms with E-state index >= 15 is 0 Å². The smallest absolute Gasteiger partial charge is 0.141 e. The van der Waals surface area contributed by atoms with Gasteiger partial charge < -0.3 is 25.8 Å². The van der Waals surface area contributed by atoms with Crippen molar-refractivity contribution in [3.8, 4) is 34.1 Å². The van der Waals surface area contributed by atoms with Crippen LogP contribution in [0.25, 0.3) is 11.1 Å². The molecule has 0 saturated carbocycles. The Balaban J connectivity index is 1.03. The van der Waals surface area contributed by atoms with E-state index in [0.717, 1.165) is 73.1 Å². The van der Waals surface area contributed by atoms with E-state index < -0.39 is 0 Å². The maximum Gasteiger partial charge on any atom is 0.141 e. The van der Waals surface area contributed by atoms with Gasteiger partial charge in [0.2, 0.25) is 0 Å². The number of quaternary nitrogens is 1. The zero-order valence-electron chi connectivity index (χ0n) is 29.5. The highest BCUT2D eigenvalue weighted by Gasteiger charge is 2.19. The van der Waals surface area contributed by atoms with Crippen molar-refractivity contribution in [3.63, 3.8) is 0 Å². The summed E-state index contributed by atoms with van der Waals surface area (Å²) in [6.07, 6.45) is 0. The molecule has 0 saturated heterocycles. The zero-order valence-corrected chi connectivity index (χ0v) is 29.5. The second-order valence-electron chi connectivity index (χ2n) is 12.9. The van der Waals surface area contributed by atoms with E-state index in [2.05, 4.69) is 126 Å². The summed E-state index contributed by atoms with van der Waals surface area (Å²) in [6, 6.07) is 69.6. The lowest BCUT2D eigenvalue weighted by Crippen LogP contribution is -2.96. The van der Waals surface area contributed by atoms with Crippen LogP contribution >= 0.6 is 0 Å². The van der Waals surface area contributed by atoms with Crippen molar-refractivity contribution in [2.75, 3.05) is 16.4 Å². The molecule has 0 amide bonds. The number of ether oxygens (including phenoxy) is 2. The van der Waals surface area contributed by atoms with Crippen LogP contribution in [0.15, 0.2) is 206 Å². The van der Waals surface area contributed by atoms with Gasteiger partial charge in [0.1, 0.15) is 40.1 Å². The lowest BCUT2D eigenvalue weighted by atomic mass is 10.0. The van der Waals surface area contributed by atoms with Crippen molar-refractivity contribution in [2.45, 2.75) is 0 Å². The predicted octanol–water partition coefficient (Wildman–Crippen LogP) is 11.8. The van der Waals surface area contributed by atoms with Crippen LogP contribution in [-0.4, -0.2) is 0 Å². The third-order valence-electron chi connectivity index (χ3n) is 9.18. The molecule has 0 spiro atoms. The van der Waals surface area contributed by atoms with Gasteiger partial charge in [-0.25, -0.2) is 4.90 Å². The SMILES string of the molecule is Nc1ccc(Oc2ccc(N(c3ccccc3)c3ccc(-c4ccc([NH+](c5ccccc5)c5ccc(Oc6ccc(N)cc6)cc5)cc4)cc3)cc2)cc1. The minimum Gasteiger partial charge on any atom is -0.457 e. The molecule has 1 unspecified atom stereocenters. The summed E-state index contributed by atoms with van der Waals surface area (Å²) in [4.78, 5) is 3.40. The fourth-order valence-electron chi connectivity index (χ4n) is 6.46. The zero-order chi connectivity index (χ0) is 36.7. The standard InChI is InChI=1S/C48H38N4O2/c49-37-15-27-45(28-16-37)53-47-31-23-43(24-32-47)51(39-7-3-1-4-8-39)41-19-11-35(12-20-41)36-13-21-42(22-14-36)52(40-9-5-2-6-10-40)44-25-33-48(34-26-44)54-46-29-17-38(50)18-30-46/h1-34H,49-50H2/p+1. The van der Waals surface area contributed by atoms with Gasteiger partial charge in [0, 0.05) is 52.7 Å². The van der Waals surface area contributed by atoms with Gasteiger partial charge in [-0.1, -0.05) is 48.5 Å². The number of para-hydroxylation sites is 2. The van der Waals surface area contributed by atoms with Gasteiger partial charge in [0.05, 0.1) is 0 Å². The van der Waals surface area contributed by atoms with Crippen molar-refractivity contribution < 1.29 is 14.4 Å². The third-order valence-corrected chi connectivity index (χ3v) is 9.18. The van der Waals surface area contributed by atoms with Gasteiger partial charge in [-0.05, 0) is 145 Å². The first-order valence-electron chi connectivity index (χ1n) is 17.8. The molecule has 0 aromatic heterocycles. The topological polar surface area (TPSA) is 78.2 Å². The minimum atomic E-state index is 0.704. The van der Waals surface area contributed by atoms with Crippen molar-refractivity contribution >= 4 is 45.5 Å². The van der Waals surface area contributed by atoms with Gasteiger partial charge in [0.15, 0.2) is 0 Å². The maximum absolute atomic E-state index is 6.07. The lowest BCUT2D eigenvalue weighted by molar-refractivity contribution is -0.681. The second kappa shape index (κ2) is 15.5. The normalized spacial score (nSPS) is 11.4. The predicted molar refractivity (Wildman–Crippen MR) is 221 cm³/mol. The Labute approximate surface area is 315 Å². The van der Waals surface area contributed by atoms with E-state index in [-0.39, 0.29) is 0 Å². The number of nitrogens with one attached hydrogen (secondary N) is 1. The molecule has 6 nitrogen and oxygen atoms in total. The van der Waals surface area contributed by atoms with E-state index in [0.29, 0.717) is 11.4 Å². The number of nitrogen functional groups attached to an aromatic ring is 2. The Hall–Kier alpha value is -7.28. The number of hydrogen-bond acceptors (Lipinski definition) is 5. The molecule has 8 rings (SSSR count). The highest BCUT2D eigenvalue weighted by molar-refractivity contribution is 5.78. The Morgan fingerprint density at radius 2 is 0.630 bits per heavy atom. The fraction of sp³-hybridized carbons (Fsp3) is 0. The van der Waals surface area contributed by atoms with Crippen LogP contribution in [0, 0.1) is 0 Å². The highest BCUT2D eigenvalue weighted by Crippen LogP contribution is 2.37. The summed E-state index contributed by atoms with van der Waals surface area (Å²) in [7, 11) is 0. The largest absolute Gasteiger partial charge is 0.457 e. The Morgan fingerprint density at radius 1 is 0.315 bits per heavy atom. The van der Waals surface area contributed by atoms with E-state index in [1.54, 1.807) is 0 Å². The van der Waals surface area contributed by atoms with Crippen LogP contribution in [0.4, 0.5) is 45.5 Å². The van der Waals surface area contributed by atoms with Crippen molar-refractivity contribution in [1.29, 1.82) is 0 Å². The molecule has 0 fully saturated rings. The average molecular weight is 704 g/mol. The third kappa shape index (κ3) is 7.79. The average Bonchev–Trinajstić information content (AvgIpc) is 3.22. The van der Waals surface area contributed by atoms with Crippen LogP contribution in [-0.2, 0) is 0 Å². The van der Waals surface area contributed by atoms with Crippen molar-refractivity contribution in [3.05, 3.63) is 206 Å². The van der Waals surface area contributed by atoms with Gasteiger partial charge >= 0.3 is 0 Å². The fourth-order valence-corrected chi connectivity index (χ4v) is 6.46. The van der Waals surface area contributed by atoms with Gasteiger partial charge in [-0.15, -0.1) is 0 Å². The van der Waals surface area contributed by atoms with Crippen molar-refractivity contribution in [2.24, 2.45) is 0 Å². The summed E-state index contributed by atoms with van der Waals surface area (Å²) in [5.41, 5.74) is 21.9. The molecular formula is C48H39N4O2+. The number of hydrogen-bond donors (Lipinski definition) is 3. The van der Waals surface area contributed by atoms with E-state index in [9.17, 15) is 0 Å². The molecule has 0 bridgehead atoms. The Morgan fingerprint density at radius 3 is 1.09 bits per heavy atom. The molecule has 8 aromatic carbocycles. The van der Waals surface area contributed by atoms with Crippen LogP contribution in [0.2, 0.25) is 0 Å². The van der Waals surface area contributed by atoms with Crippen LogP contribution in [0.3, 0.4) is 0 Å². The number of anilines is 5. The summed E-state index contributed by atoms with van der Waals surface area (Å²) in [5, 5.41) is 0. The summed E-state index contributed by atoms with van der Waals surface area (Å²) < 4.78 is 12.1. The molecule has 1 atom stereocenters. The number of nitrogens with zero attached hydrogens (tertiary/aromatic N) is 1. The summed E-state index contributed by atoms with van der Waals surface area (Å²) >= 11 is 0. The van der Waals surface area contributed by atoms with Gasteiger partial charge in [-0.3, -0.25) is 0 Å². The summed E-state index contributed by atoms with van der Waals surface area (Å²) in [5.74, 6) is 3.00. The second-order valence-corrected chi connectivity index (χ2v) is 12.9. The highest BCUT2D eigenvalue weighted by atomic mass is 16.5. The van der Waals surface area contributed by atoms with E-state index in [1.807, 2.05) is 84.9 Å². The first kappa shape index (κ1) is 33.8. The van der Waals surface area contributed by atoms with E-state index in [1.165, 1.54) is 0 Å². The maximum atomic E-state index is 6.07. The molecule has 5 N–H and O–H groups in total. The Bertz CT molecular complexity index is 2220. The minimum absolute atomic E-state index is 0.704. The van der Waals surface area contributed by atoms with Crippen LogP contribution < -0.4 is 30.7 Å². The molecule has 0 radical (unpaired) electrons. The molecule has 54 heavy (non-hydrogen) atoms.